The first-order valence-corrected chi connectivity index (χ1v) is 18.2. The second-order valence-electron chi connectivity index (χ2n) is 12.4. The van der Waals surface area contributed by atoms with Gasteiger partial charge in [0.25, 0.3) is 0 Å². The maximum atomic E-state index is 9.53. The van der Waals surface area contributed by atoms with E-state index in [9.17, 15) is 10.0 Å². The molecule has 4 heterocycles. The average Bonchev–Trinajstić information content (AvgIpc) is 3.81. The van der Waals surface area contributed by atoms with Gasteiger partial charge in [-0.3, -0.25) is 4.98 Å². The van der Waals surface area contributed by atoms with Gasteiger partial charge < -0.3 is 18.9 Å². The number of halogens is 1. The predicted molar refractivity (Wildman–Crippen MR) is 223 cm³/mol. The third-order valence-corrected chi connectivity index (χ3v) is 9.57. The number of benzene rings is 6. The quantitative estimate of drug-likeness (QED) is 0.137. The number of para-hydroxylation sites is 4. The summed E-state index contributed by atoms with van der Waals surface area (Å²) in [5.41, 5.74) is 9.76. The third kappa shape index (κ3) is 7.06. The van der Waals surface area contributed by atoms with Gasteiger partial charge in [0, 0.05) is 56.1 Å². The van der Waals surface area contributed by atoms with Crippen LogP contribution in [0.4, 0.5) is 0 Å². The van der Waals surface area contributed by atoms with Crippen LogP contribution < -0.4 is 5.46 Å². The van der Waals surface area contributed by atoms with Gasteiger partial charge in [0.2, 0.25) is 0 Å². The summed E-state index contributed by atoms with van der Waals surface area (Å²) in [7, 11) is -1.55. The van der Waals surface area contributed by atoms with Crippen molar-refractivity contribution in [2.45, 2.75) is 0 Å². The number of aromatic nitrogens is 2. The molecule has 10 aromatic rings. The van der Waals surface area contributed by atoms with Crippen molar-refractivity contribution in [1.82, 2.24) is 9.97 Å². The minimum absolute atomic E-state index is 0.382. The fourth-order valence-electron chi connectivity index (χ4n) is 6.62. The zero-order chi connectivity index (χ0) is 36.9. The summed E-state index contributed by atoms with van der Waals surface area (Å²) < 4.78 is 13.3. The number of nitrogens with zero attached hydrogens (tertiary/aromatic N) is 2. The Morgan fingerprint density at radius 2 is 0.852 bits per heavy atom. The van der Waals surface area contributed by atoms with Crippen LogP contribution in [0.2, 0.25) is 0 Å². The van der Waals surface area contributed by atoms with E-state index in [1.807, 2.05) is 103 Å². The molecule has 0 unspecified atom stereocenters. The van der Waals surface area contributed by atoms with Gasteiger partial charge in [-0.15, -0.1) is 0 Å². The summed E-state index contributed by atoms with van der Waals surface area (Å²) in [6.45, 7) is 0. The van der Waals surface area contributed by atoms with E-state index in [1.54, 1.807) is 18.3 Å². The maximum absolute atomic E-state index is 9.53. The number of rotatable bonds is 4. The number of hydrogen-bond donors (Lipinski definition) is 2. The Balaban J connectivity index is 0.000000131. The molecule has 0 saturated heterocycles. The smallest absolute Gasteiger partial charge is 0.456 e. The molecular weight excluding hydrogens is 735 g/mol. The molecule has 8 heteroatoms. The minimum atomic E-state index is -1.55. The second-order valence-corrected chi connectivity index (χ2v) is 13.3. The van der Waals surface area contributed by atoms with Gasteiger partial charge in [-0.2, -0.15) is 0 Å². The lowest BCUT2D eigenvalue weighted by Gasteiger charge is -2.02. The number of hydrogen-bond acceptors (Lipinski definition) is 6. The summed E-state index contributed by atoms with van der Waals surface area (Å²) in [4.78, 5) is 8.39. The van der Waals surface area contributed by atoms with Crippen molar-refractivity contribution in [1.29, 1.82) is 0 Å². The average molecular weight is 767 g/mol. The molecule has 10 rings (SSSR count). The summed E-state index contributed by atoms with van der Waals surface area (Å²) in [5, 5.41) is 23.2. The van der Waals surface area contributed by atoms with E-state index in [0.717, 1.165) is 76.4 Å². The molecule has 0 aliphatic rings. The van der Waals surface area contributed by atoms with E-state index in [-0.39, 0.29) is 0 Å². The van der Waals surface area contributed by atoms with Crippen molar-refractivity contribution < 1.29 is 18.9 Å². The molecular formula is C46H32BBrN2O4. The molecule has 0 fully saturated rings. The third-order valence-electron chi connectivity index (χ3n) is 9.10. The Hall–Kier alpha value is -6.32. The van der Waals surface area contributed by atoms with Crippen molar-refractivity contribution in [2.75, 3.05) is 0 Å². The molecule has 0 aliphatic heterocycles. The molecule has 54 heavy (non-hydrogen) atoms. The van der Waals surface area contributed by atoms with Crippen molar-refractivity contribution in [3.8, 4) is 33.5 Å². The van der Waals surface area contributed by atoms with Crippen LogP contribution in [0, 0.1) is 0 Å². The van der Waals surface area contributed by atoms with Crippen LogP contribution in [0.1, 0.15) is 0 Å². The van der Waals surface area contributed by atoms with Crippen molar-refractivity contribution in [3.05, 3.63) is 187 Å². The molecule has 0 spiro atoms. The van der Waals surface area contributed by atoms with Gasteiger partial charge in [0.1, 0.15) is 26.9 Å². The van der Waals surface area contributed by atoms with Gasteiger partial charge in [-0.05, 0) is 57.4 Å². The number of fused-ring (bicyclic) bond motifs is 6. The van der Waals surface area contributed by atoms with Crippen molar-refractivity contribution >= 4 is 72.4 Å². The molecule has 2 N–H and O–H groups in total. The van der Waals surface area contributed by atoms with E-state index in [4.69, 9.17) is 8.83 Å². The SMILES string of the molecule is Brc1ccccn1.OB(O)c1cccc2c1oc1c(-c3ccccc3)cccc12.c1ccc(-c2cccc3c2oc2c(-c4ccccn4)cccc23)cc1. The first kappa shape index (κ1) is 34.8. The van der Waals surface area contributed by atoms with Crippen LogP contribution in [0.15, 0.2) is 196 Å². The van der Waals surface area contributed by atoms with E-state index in [0.29, 0.717) is 11.0 Å². The molecule has 0 amide bonds. The van der Waals surface area contributed by atoms with Crippen molar-refractivity contribution in [2.24, 2.45) is 0 Å². The maximum Gasteiger partial charge on any atom is 0.492 e. The van der Waals surface area contributed by atoms with E-state index >= 15 is 0 Å². The fraction of sp³-hybridized carbons (Fsp3) is 0. The molecule has 0 bridgehead atoms. The Kier molecular flexibility index (Phi) is 10.1. The second kappa shape index (κ2) is 15.7. The zero-order valence-electron chi connectivity index (χ0n) is 28.9. The predicted octanol–water partition coefficient (Wildman–Crippen LogP) is 11.1. The molecule has 0 saturated carbocycles. The van der Waals surface area contributed by atoms with Crippen LogP contribution in [0.25, 0.3) is 77.4 Å². The number of pyridine rings is 2. The Morgan fingerprint density at radius 3 is 1.31 bits per heavy atom. The van der Waals surface area contributed by atoms with Crippen molar-refractivity contribution in [3.63, 3.8) is 0 Å². The highest BCUT2D eigenvalue weighted by molar-refractivity contribution is 9.10. The normalized spacial score (nSPS) is 10.9. The van der Waals surface area contributed by atoms with E-state index in [2.05, 4.69) is 86.6 Å². The standard InChI is InChI=1S/C23H15NO.C18H13BO3.C5H4BrN/c1-2-8-16(9-3-1)17-10-6-11-18-19-12-7-13-20(23(19)25-22(17)18)21-14-4-5-15-24-21;20-19(21)16-11-5-10-15-14-9-4-8-13(17(14)22-18(15)16)12-6-2-1-3-7-12;6-5-3-1-2-4-7-5/h1-15H;1-11,20-21H;1-4H. The van der Waals surface area contributed by atoms with E-state index in [1.165, 1.54) is 0 Å². The lowest BCUT2D eigenvalue weighted by molar-refractivity contribution is 0.425. The molecule has 0 aliphatic carbocycles. The van der Waals surface area contributed by atoms with E-state index < -0.39 is 7.12 Å². The topological polar surface area (TPSA) is 92.5 Å². The summed E-state index contributed by atoms with van der Waals surface area (Å²) >= 11 is 3.20. The highest BCUT2D eigenvalue weighted by atomic mass is 79.9. The van der Waals surface area contributed by atoms with Crippen LogP contribution >= 0.6 is 15.9 Å². The van der Waals surface area contributed by atoms with Gasteiger partial charge in [0.05, 0.1) is 5.69 Å². The molecule has 6 aromatic carbocycles. The van der Waals surface area contributed by atoms with Crippen LogP contribution in [0.5, 0.6) is 0 Å². The first-order valence-electron chi connectivity index (χ1n) is 17.4. The van der Waals surface area contributed by atoms with Crippen LogP contribution in [-0.4, -0.2) is 27.1 Å². The first-order chi connectivity index (χ1) is 26.6. The lowest BCUT2D eigenvalue weighted by Crippen LogP contribution is -2.29. The lowest BCUT2D eigenvalue weighted by atomic mass is 9.79. The van der Waals surface area contributed by atoms with Gasteiger partial charge in [-0.1, -0.05) is 140 Å². The molecule has 0 radical (unpaired) electrons. The number of furan rings is 2. The monoisotopic (exact) mass is 766 g/mol. The fourth-order valence-corrected chi connectivity index (χ4v) is 6.89. The molecule has 0 atom stereocenters. The van der Waals surface area contributed by atoms with Crippen LogP contribution in [0.3, 0.4) is 0 Å². The van der Waals surface area contributed by atoms with Gasteiger partial charge in [-0.25, -0.2) is 4.98 Å². The van der Waals surface area contributed by atoms with Gasteiger partial charge >= 0.3 is 7.12 Å². The Morgan fingerprint density at radius 1 is 0.407 bits per heavy atom. The summed E-state index contributed by atoms with van der Waals surface area (Å²) in [6.07, 6.45) is 3.55. The molecule has 6 nitrogen and oxygen atoms in total. The minimum Gasteiger partial charge on any atom is -0.456 e. The Labute approximate surface area is 320 Å². The summed E-state index contributed by atoms with van der Waals surface area (Å²) in [6, 6.07) is 56.0. The van der Waals surface area contributed by atoms with Crippen LogP contribution in [-0.2, 0) is 0 Å². The highest BCUT2D eigenvalue weighted by Gasteiger charge is 2.20. The highest BCUT2D eigenvalue weighted by Crippen LogP contribution is 2.39. The zero-order valence-corrected chi connectivity index (χ0v) is 30.5. The molecule has 260 valence electrons. The Bertz CT molecular complexity index is 2720. The van der Waals surface area contributed by atoms with Gasteiger partial charge in [0.15, 0.2) is 0 Å². The molecule has 4 aromatic heterocycles. The largest absolute Gasteiger partial charge is 0.492 e. The summed E-state index contributed by atoms with van der Waals surface area (Å²) in [5.74, 6) is 0.